The molecule has 0 radical (unpaired) electrons. The number of hydrogen-bond donors (Lipinski definition) is 1. The van der Waals surface area contributed by atoms with Gasteiger partial charge in [0.05, 0.1) is 11.8 Å². The highest BCUT2D eigenvalue weighted by atomic mass is 19.4. The zero-order valence-electron chi connectivity index (χ0n) is 13.5. The average molecular weight is 328 g/mol. The molecule has 1 aromatic rings. The van der Waals surface area contributed by atoms with Gasteiger partial charge in [-0.15, -0.1) is 0 Å². The Morgan fingerprint density at radius 1 is 1.17 bits per heavy atom. The number of anilines is 2. The molecular formula is C17H23F3N2O. The molecule has 0 spiro atoms. The first kappa shape index (κ1) is 17.6. The van der Waals surface area contributed by atoms with Gasteiger partial charge in [-0.25, -0.2) is 0 Å². The van der Waals surface area contributed by atoms with Crippen molar-refractivity contribution in [2.24, 2.45) is 11.8 Å². The van der Waals surface area contributed by atoms with Crippen molar-refractivity contribution in [1.82, 2.24) is 0 Å². The van der Waals surface area contributed by atoms with Gasteiger partial charge < -0.3 is 10.2 Å². The highest BCUT2D eigenvalue weighted by molar-refractivity contribution is 5.94. The minimum Gasteiger partial charge on any atom is -0.372 e. The Hall–Kier alpha value is -1.72. The van der Waals surface area contributed by atoms with E-state index in [4.69, 9.17) is 0 Å². The second kappa shape index (κ2) is 7.23. The van der Waals surface area contributed by atoms with Gasteiger partial charge >= 0.3 is 6.18 Å². The molecule has 0 heterocycles. The minimum atomic E-state index is -4.27. The number of amides is 1. The van der Waals surface area contributed by atoms with Crippen LogP contribution >= 0.6 is 0 Å². The lowest BCUT2D eigenvalue weighted by atomic mass is 10.2. The number of nitrogens with one attached hydrogen (secondary N) is 1. The third kappa shape index (κ3) is 4.62. The molecule has 0 aliphatic heterocycles. The Balaban J connectivity index is 1.94. The van der Waals surface area contributed by atoms with E-state index in [1.165, 1.54) is 0 Å². The van der Waals surface area contributed by atoms with Crippen LogP contribution in [0.15, 0.2) is 24.3 Å². The predicted molar refractivity (Wildman–Crippen MR) is 85.5 cm³/mol. The second-order valence-corrected chi connectivity index (χ2v) is 6.01. The van der Waals surface area contributed by atoms with Crippen molar-refractivity contribution in [1.29, 1.82) is 0 Å². The maximum absolute atomic E-state index is 12.5. The molecular weight excluding hydrogens is 305 g/mol. The van der Waals surface area contributed by atoms with Crippen molar-refractivity contribution < 1.29 is 18.0 Å². The van der Waals surface area contributed by atoms with Gasteiger partial charge in [0.1, 0.15) is 0 Å². The summed E-state index contributed by atoms with van der Waals surface area (Å²) in [5, 5.41) is 2.58. The number of carbonyl (C=O) groups excluding carboxylic acids is 1. The summed E-state index contributed by atoms with van der Waals surface area (Å²) in [4.78, 5) is 14.1. The SMILES string of the molecule is CCCN(CCC)c1ccc(NC(=O)C2CC2C(F)(F)F)cc1. The van der Waals surface area contributed by atoms with E-state index >= 15 is 0 Å². The Labute approximate surface area is 134 Å². The van der Waals surface area contributed by atoms with Gasteiger partial charge in [0.15, 0.2) is 0 Å². The zero-order valence-corrected chi connectivity index (χ0v) is 13.5. The number of carbonyl (C=O) groups is 1. The molecule has 2 atom stereocenters. The summed E-state index contributed by atoms with van der Waals surface area (Å²) in [6, 6.07) is 7.29. The van der Waals surface area contributed by atoms with Crippen molar-refractivity contribution >= 4 is 17.3 Å². The van der Waals surface area contributed by atoms with Crippen LogP contribution in [-0.4, -0.2) is 25.2 Å². The molecule has 1 amide bonds. The Morgan fingerprint density at radius 2 is 1.74 bits per heavy atom. The number of hydrogen-bond acceptors (Lipinski definition) is 2. The molecule has 0 saturated heterocycles. The molecule has 1 N–H and O–H groups in total. The van der Waals surface area contributed by atoms with Crippen LogP contribution in [0, 0.1) is 11.8 Å². The smallest absolute Gasteiger partial charge is 0.372 e. The van der Waals surface area contributed by atoms with Crippen LogP contribution in [0.4, 0.5) is 24.5 Å². The number of rotatable bonds is 7. The molecule has 1 saturated carbocycles. The van der Waals surface area contributed by atoms with Gasteiger partial charge in [-0.3, -0.25) is 4.79 Å². The van der Waals surface area contributed by atoms with Crippen LogP contribution in [0.3, 0.4) is 0 Å². The molecule has 3 nitrogen and oxygen atoms in total. The summed E-state index contributed by atoms with van der Waals surface area (Å²) in [5.74, 6) is -2.96. The fourth-order valence-corrected chi connectivity index (χ4v) is 2.75. The first-order valence-corrected chi connectivity index (χ1v) is 8.09. The van der Waals surface area contributed by atoms with Crippen LogP contribution in [0.5, 0.6) is 0 Å². The molecule has 2 rings (SSSR count). The number of nitrogens with zero attached hydrogens (tertiary/aromatic N) is 1. The minimum absolute atomic E-state index is 0.103. The van der Waals surface area contributed by atoms with E-state index in [1.807, 2.05) is 12.1 Å². The third-order valence-corrected chi connectivity index (χ3v) is 4.03. The van der Waals surface area contributed by atoms with Crippen molar-refractivity contribution in [3.05, 3.63) is 24.3 Å². The van der Waals surface area contributed by atoms with Crippen LogP contribution in [0.25, 0.3) is 0 Å². The first-order chi connectivity index (χ1) is 10.9. The zero-order chi connectivity index (χ0) is 17.0. The Morgan fingerprint density at radius 3 is 2.17 bits per heavy atom. The van der Waals surface area contributed by atoms with Gasteiger partial charge in [-0.2, -0.15) is 13.2 Å². The fourth-order valence-electron chi connectivity index (χ4n) is 2.75. The third-order valence-electron chi connectivity index (χ3n) is 4.03. The largest absolute Gasteiger partial charge is 0.392 e. The van der Waals surface area contributed by atoms with Gasteiger partial charge in [0, 0.05) is 24.5 Å². The number of alkyl halides is 3. The molecule has 0 bridgehead atoms. The second-order valence-electron chi connectivity index (χ2n) is 6.01. The molecule has 1 aliphatic rings. The van der Waals surface area contributed by atoms with Crippen LogP contribution in [0.1, 0.15) is 33.1 Å². The summed E-state index contributed by atoms with van der Waals surface area (Å²) in [7, 11) is 0. The standard InChI is InChI=1S/C17H23F3N2O/c1-3-9-22(10-4-2)13-7-5-12(6-8-13)21-16(23)14-11-15(14)17(18,19)20/h5-8,14-15H,3-4,9-11H2,1-2H3,(H,21,23). The Kier molecular flexibility index (Phi) is 5.55. The summed E-state index contributed by atoms with van der Waals surface area (Å²) in [6.45, 7) is 6.14. The monoisotopic (exact) mass is 328 g/mol. The van der Waals surface area contributed by atoms with E-state index in [2.05, 4.69) is 24.1 Å². The molecule has 2 unspecified atom stereocenters. The van der Waals surface area contributed by atoms with Crippen molar-refractivity contribution in [3.8, 4) is 0 Å². The highest BCUT2D eigenvalue weighted by Gasteiger charge is 2.58. The summed E-state index contributed by atoms with van der Waals surface area (Å²) in [5.41, 5.74) is 1.60. The summed E-state index contributed by atoms with van der Waals surface area (Å²) >= 11 is 0. The van der Waals surface area contributed by atoms with E-state index in [0.29, 0.717) is 5.69 Å². The maximum atomic E-state index is 12.5. The number of halogens is 3. The van der Waals surface area contributed by atoms with Crippen molar-refractivity contribution in [2.45, 2.75) is 39.3 Å². The van der Waals surface area contributed by atoms with Crippen LogP contribution in [0.2, 0.25) is 0 Å². The fraction of sp³-hybridized carbons (Fsp3) is 0.588. The van der Waals surface area contributed by atoms with Crippen molar-refractivity contribution in [3.63, 3.8) is 0 Å². The topological polar surface area (TPSA) is 32.3 Å². The molecule has 1 aliphatic carbocycles. The normalized spacial score (nSPS) is 20.2. The quantitative estimate of drug-likeness (QED) is 0.802. The maximum Gasteiger partial charge on any atom is 0.392 e. The van der Waals surface area contributed by atoms with E-state index in [9.17, 15) is 18.0 Å². The molecule has 6 heteroatoms. The van der Waals surface area contributed by atoms with Crippen LogP contribution in [-0.2, 0) is 4.79 Å². The summed E-state index contributed by atoms with van der Waals surface area (Å²) < 4.78 is 37.5. The van der Waals surface area contributed by atoms with E-state index < -0.39 is 23.9 Å². The lowest BCUT2D eigenvalue weighted by molar-refractivity contribution is -0.153. The molecule has 23 heavy (non-hydrogen) atoms. The Bertz CT molecular complexity index is 522. The molecule has 1 fully saturated rings. The van der Waals surface area contributed by atoms with Gasteiger partial charge in [-0.05, 0) is 43.5 Å². The lowest BCUT2D eigenvalue weighted by Gasteiger charge is -2.24. The number of benzene rings is 1. The molecule has 1 aromatic carbocycles. The average Bonchev–Trinajstić information content (AvgIpc) is 3.28. The van der Waals surface area contributed by atoms with E-state index in [0.717, 1.165) is 31.6 Å². The molecule has 128 valence electrons. The first-order valence-electron chi connectivity index (χ1n) is 8.09. The molecule has 0 aromatic heterocycles. The lowest BCUT2D eigenvalue weighted by Crippen LogP contribution is -2.24. The van der Waals surface area contributed by atoms with E-state index in [-0.39, 0.29) is 6.42 Å². The van der Waals surface area contributed by atoms with Crippen molar-refractivity contribution in [2.75, 3.05) is 23.3 Å². The van der Waals surface area contributed by atoms with E-state index in [1.54, 1.807) is 12.1 Å². The van der Waals surface area contributed by atoms with Gasteiger partial charge in [-0.1, -0.05) is 13.8 Å². The van der Waals surface area contributed by atoms with Gasteiger partial charge in [0.25, 0.3) is 0 Å². The van der Waals surface area contributed by atoms with Crippen LogP contribution < -0.4 is 10.2 Å². The van der Waals surface area contributed by atoms with Gasteiger partial charge in [0.2, 0.25) is 5.91 Å². The highest BCUT2D eigenvalue weighted by Crippen LogP contribution is 2.50. The predicted octanol–water partition coefficient (Wildman–Crippen LogP) is 4.45. The summed E-state index contributed by atoms with van der Waals surface area (Å²) in [6.07, 6.45) is -2.29.